The highest BCUT2D eigenvalue weighted by molar-refractivity contribution is 6.55. The zero-order valence-corrected chi connectivity index (χ0v) is 8.73. The maximum atomic E-state index is 10.2. The molecular formula is C11H15BNO. The molecule has 0 fully saturated rings. The lowest BCUT2D eigenvalue weighted by molar-refractivity contribution is -0.107. The van der Waals surface area contributed by atoms with Crippen LogP contribution in [-0.2, 0) is 4.79 Å². The molecular weight excluding hydrogens is 173 g/mol. The van der Waals surface area contributed by atoms with E-state index in [1.165, 1.54) is 11.2 Å². The average Bonchev–Trinajstić information content (AvgIpc) is 2.19. The van der Waals surface area contributed by atoms with Crippen LogP contribution in [0.2, 0.25) is 6.32 Å². The van der Waals surface area contributed by atoms with Crippen molar-refractivity contribution in [2.75, 3.05) is 19.0 Å². The van der Waals surface area contributed by atoms with Crippen molar-refractivity contribution >= 4 is 24.7 Å². The number of anilines is 1. The van der Waals surface area contributed by atoms with Gasteiger partial charge in [-0.25, -0.2) is 0 Å². The molecule has 0 spiro atoms. The van der Waals surface area contributed by atoms with E-state index in [9.17, 15) is 4.79 Å². The van der Waals surface area contributed by atoms with Crippen molar-refractivity contribution in [2.45, 2.75) is 12.7 Å². The Labute approximate surface area is 86.2 Å². The number of aldehydes is 1. The summed E-state index contributed by atoms with van der Waals surface area (Å²) in [5.74, 6) is 0. The lowest BCUT2D eigenvalue weighted by Gasteiger charge is -2.16. The van der Waals surface area contributed by atoms with Crippen molar-refractivity contribution < 1.29 is 4.79 Å². The van der Waals surface area contributed by atoms with E-state index in [-0.39, 0.29) is 0 Å². The highest BCUT2D eigenvalue weighted by Gasteiger charge is 2.03. The minimum atomic E-state index is 0.599. The Morgan fingerprint density at radius 3 is 2.71 bits per heavy atom. The largest absolute Gasteiger partial charge is 0.378 e. The van der Waals surface area contributed by atoms with Gasteiger partial charge in [0.15, 0.2) is 7.28 Å². The standard InChI is InChI=1S/C11H15BNO/c1-13(2)11-7-4-3-6-10(11)12-8-5-9-14/h3-4,6-7,9H,5,8H2,1-2H3. The second kappa shape index (κ2) is 5.48. The molecule has 14 heavy (non-hydrogen) atoms. The van der Waals surface area contributed by atoms with Gasteiger partial charge in [0.25, 0.3) is 0 Å². The van der Waals surface area contributed by atoms with Crippen LogP contribution in [0.25, 0.3) is 0 Å². The lowest BCUT2D eigenvalue weighted by atomic mass is 9.65. The zero-order chi connectivity index (χ0) is 10.4. The van der Waals surface area contributed by atoms with Gasteiger partial charge in [0, 0.05) is 19.8 Å². The lowest BCUT2D eigenvalue weighted by Crippen LogP contribution is -2.23. The molecule has 1 radical (unpaired) electrons. The predicted molar refractivity (Wildman–Crippen MR) is 61.6 cm³/mol. The number of nitrogens with zero attached hydrogens (tertiary/aromatic N) is 1. The summed E-state index contributed by atoms with van der Waals surface area (Å²) in [4.78, 5) is 12.3. The van der Waals surface area contributed by atoms with Crippen LogP contribution in [0.4, 0.5) is 5.69 Å². The second-order valence-corrected chi connectivity index (χ2v) is 3.40. The molecule has 1 rings (SSSR count). The molecule has 0 unspecified atom stereocenters. The molecule has 0 N–H and O–H groups in total. The first kappa shape index (κ1) is 10.8. The molecule has 0 aromatic heterocycles. The molecule has 1 aromatic carbocycles. The van der Waals surface area contributed by atoms with Crippen LogP contribution in [0.15, 0.2) is 24.3 Å². The van der Waals surface area contributed by atoms with Gasteiger partial charge in [-0.1, -0.05) is 30.0 Å². The van der Waals surface area contributed by atoms with E-state index >= 15 is 0 Å². The van der Waals surface area contributed by atoms with Gasteiger partial charge in [-0.15, -0.1) is 0 Å². The molecule has 0 saturated heterocycles. The predicted octanol–water partition coefficient (Wildman–Crippen LogP) is 1.09. The van der Waals surface area contributed by atoms with Crippen LogP contribution in [0.3, 0.4) is 0 Å². The first-order chi connectivity index (χ1) is 6.75. The van der Waals surface area contributed by atoms with Crippen molar-refractivity contribution in [3.8, 4) is 0 Å². The van der Waals surface area contributed by atoms with E-state index in [1.807, 2.05) is 26.2 Å². The summed E-state index contributed by atoms with van der Waals surface area (Å²) < 4.78 is 0. The van der Waals surface area contributed by atoms with Crippen molar-refractivity contribution in [3.63, 3.8) is 0 Å². The molecule has 0 heterocycles. The van der Waals surface area contributed by atoms with Gasteiger partial charge in [-0.3, -0.25) is 0 Å². The average molecular weight is 188 g/mol. The van der Waals surface area contributed by atoms with Crippen LogP contribution >= 0.6 is 0 Å². The number of rotatable bonds is 5. The van der Waals surface area contributed by atoms with Gasteiger partial charge < -0.3 is 9.69 Å². The monoisotopic (exact) mass is 188 g/mol. The van der Waals surface area contributed by atoms with Gasteiger partial charge in [-0.2, -0.15) is 0 Å². The summed E-state index contributed by atoms with van der Waals surface area (Å²) in [6.07, 6.45) is 2.37. The summed E-state index contributed by atoms with van der Waals surface area (Å²) in [5, 5.41) is 0. The highest BCUT2D eigenvalue weighted by atomic mass is 16.1. The molecule has 0 aliphatic carbocycles. The Bertz CT molecular complexity index is 299. The molecule has 0 aliphatic heterocycles. The zero-order valence-electron chi connectivity index (χ0n) is 8.73. The van der Waals surface area contributed by atoms with E-state index in [4.69, 9.17) is 0 Å². The van der Waals surface area contributed by atoms with Crippen LogP contribution in [0.5, 0.6) is 0 Å². The van der Waals surface area contributed by atoms with Gasteiger partial charge in [0.1, 0.15) is 6.29 Å². The number of carbonyl (C=O) groups excluding carboxylic acids is 1. The second-order valence-electron chi connectivity index (χ2n) is 3.40. The molecule has 0 saturated carbocycles. The first-order valence-electron chi connectivity index (χ1n) is 4.79. The summed E-state index contributed by atoms with van der Waals surface area (Å²) in [6, 6.07) is 8.18. The molecule has 73 valence electrons. The normalized spacial score (nSPS) is 9.57. The van der Waals surface area contributed by atoms with Crippen LogP contribution < -0.4 is 10.4 Å². The quantitative estimate of drug-likeness (QED) is 0.391. The van der Waals surface area contributed by atoms with Gasteiger partial charge in [0.05, 0.1) is 0 Å². The number of benzene rings is 1. The van der Waals surface area contributed by atoms with Gasteiger partial charge in [-0.05, 0) is 12.5 Å². The van der Waals surface area contributed by atoms with Gasteiger partial charge in [0.2, 0.25) is 0 Å². The van der Waals surface area contributed by atoms with E-state index in [1.54, 1.807) is 0 Å². The molecule has 0 bridgehead atoms. The van der Waals surface area contributed by atoms with E-state index in [0.29, 0.717) is 6.42 Å². The summed E-state index contributed by atoms with van der Waals surface area (Å²) in [5.41, 5.74) is 2.39. The fourth-order valence-corrected chi connectivity index (χ4v) is 1.37. The first-order valence-corrected chi connectivity index (χ1v) is 4.79. The third kappa shape index (κ3) is 2.91. The number of hydrogen-bond acceptors (Lipinski definition) is 2. The third-order valence-corrected chi connectivity index (χ3v) is 2.07. The van der Waals surface area contributed by atoms with Crippen LogP contribution in [0, 0.1) is 0 Å². The topological polar surface area (TPSA) is 20.3 Å². The van der Waals surface area contributed by atoms with Crippen molar-refractivity contribution in [3.05, 3.63) is 24.3 Å². The van der Waals surface area contributed by atoms with E-state index in [2.05, 4.69) is 24.3 Å². The molecule has 0 atom stereocenters. The van der Waals surface area contributed by atoms with Crippen molar-refractivity contribution in [1.82, 2.24) is 0 Å². The Morgan fingerprint density at radius 2 is 2.07 bits per heavy atom. The SMILES string of the molecule is CN(C)c1ccccc1[B]CCC=O. The number of hydrogen-bond donors (Lipinski definition) is 0. The summed E-state index contributed by atoms with van der Waals surface area (Å²) in [6.45, 7) is 0. The Morgan fingerprint density at radius 1 is 1.36 bits per heavy atom. The van der Waals surface area contributed by atoms with Crippen molar-refractivity contribution in [1.29, 1.82) is 0 Å². The third-order valence-electron chi connectivity index (χ3n) is 2.07. The van der Waals surface area contributed by atoms with Crippen molar-refractivity contribution in [2.24, 2.45) is 0 Å². The molecule has 0 amide bonds. The Hall–Kier alpha value is -1.25. The van der Waals surface area contributed by atoms with Crippen LogP contribution in [-0.4, -0.2) is 27.7 Å². The smallest absolute Gasteiger partial charge is 0.154 e. The highest BCUT2D eigenvalue weighted by Crippen LogP contribution is 2.06. The fourth-order valence-electron chi connectivity index (χ4n) is 1.37. The minimum absolute atomic E-state index is 0.599. The van der Waals surface area contributed by atoms with Gasteiger partial charge >= 0.3 is 0 Å². The number of carbonyl (C=O) groups is 1. The van der Waals surface area contributed by atoms with E-state index in [0.717, 1.165) is 12.6 Å². The van der Waals surface area contributed by atoms with Crippen LogP contribution in [0.1, 0.15) is 6.42 Å². The van der Waals surface area contributed by atoms with E-state index < -0.39 is 0 Å². The Balaban J connectivity index is 2.69. The molecule has 3 heteroatoms. The Kier molecular flexibility index (Phi) is 4.24. The fraction of sp³-hybridized carbons (Fsp3) is 0.364. The maximum absolute atomic E-state index is 10.2. The number of para-hydroxylation sites is 1. The molecule has 2 nitrogen and oxygen atoms in total. The summed E-state index contributed by atoms with van der Waals surface area (Å²) >= 11 is 0. The molecule has 0 aliphatic rings. The summed E-state index contributed by atoms with van der Waals surface area (Å²) in [7, 11) is 6.14. The maximum Gasteiger partial charge on any atom is 0.154 e. The minimum Gasteiger partial charge on any atom is -0.378 e. The molecule has 1 aromatic rings.